The van der Waals surface area contributed by atoms with Gasteiger partial charge in [0.2, 0.25) is 0 Å². The second-order valence-electron chi connectivity index (χ2n) is 4.32. The molecule has 2 aromatic rings. The molecule has 4 nitrogen and oxygen atoms in total. The molecular weight excluding hydrogens is 327 g/mol. The van der Waals surface area contributed by atoms with Gasteiger partial charge < -0.3 is 14.6 Å². The van der Waals surface area contributed by atoms with Crippen molar-refractivity contribution < 1.29 is 13.7 Å². The summed E-state index contributed by atoms with van der Waals surface area (Å²) in [5.41, 5.74) is 0.812. The van der Waals surface area contributed by atoms with Gasteiger partial charge in [-0.3, -0.25) is 0 Å². The highest BCUT2D eigenvalue weighted by molar-refractivity contribution is 9.10. The highest BCUT2D eigenvalue weighted by Crippen LogP contribution is 2.23. The Kier molecular flexibility index (Phi) is 5.55. The van der Waals surface area contributed by atoms with Crippen molar-refractivity contribution in [3.8, 4) is 5.75 Å². The van der Waals surface area contributed by atoms with Crippen molar-refractivity contribution in [2.45, 2.75) is 26.5 Å². The smallest absolute Gasteiger partial charge is 0.174 e. The zero-order valence-electron chi connectivity index (χ0n) is 11.2. The molecule has 0 saturated carbocycles. The van der Waals surface area contributed by atoms with Crippen LogP contribution in [0.1, 0.15) is 24.8 Å². The fourth-order valence-electron chi connectivity index (χ4n) is 1.64. The average Bonchev–Trinajstić information content (AvgIpc) is 2.88. The summed E-state index contributed by atoms with van der Waals surface area (Å²) in [6, 6.07) is 6.35. The first-order valence-electron chi connectivity index (χ1n) is 6.42. The Morgan fingerprint density at radius 3 is 3.05 bits per heavy atom. The van der Waals surface area contributed by atoms with E-state index in [-0.39, 0.29) is 12.4 Å². The minimum Gasteiger partial charge on any atom is -0.482 e. The monoisotopic (exact) mass is 342 g/mol. The van der Waals surface area contributed by atoms with E-state index in [1.54, 1.807) is 18.2 Å². The molecule has 108 valence electrons. The minimum atomic E-state index is -0.405. The first-order valence-corrected chi connectivity index (χ1v) is 7.21. The van der Waals surface area contributed by atoms with Crippen LogP contribution < -0.4 is 10.1 Å². The van der Waals surface area contributed by atoms with Gasteiger partial charge in [-0.25, -0.2) is 4.39 Å². The van der Waals surface area contributed by atoms with Gasteiger partial charge in [0, 0.05) is 17.1 Å². The van der Waals surface area contributed by atoms with Gasteiger partial charge in [0.05, 0.1) is 5.69 Å². The molecule has 20 heavy (non-hydrogen) atoms. The highest BCUT2D eigenvalue weighted by atomic mass is 79.9. The predicted octanol–water partition coefficient (Wildman–Crippen LogP) is 3.65. The van der Waals surface area contributed by atoms with Gasteiger partial charge in [0.15, 0.2) is 17.3 Å². The first-order chi connectivity index (χ1) is 9.69. The number of halogens is 2. The Morgan fingerprint density at radius 1 is 1.40 bits per heavy atom. The third kappa shape index (κ3) is 4.31. The lowest BCUT2D eigenvalue weighted by Crippen LogP contribution is -2.13. The number of aromatic nitrogens is 1. The van der Waals surface area contributed by atoms with Crippen molar-refractivity contribution in [1.29, 1.82) is 0 Å². The largest absolute Gasteiger partial charge is 0.482 e. The lowest BCUT2D eigenvalue weighted by atomic mass is 10.3. The Morgan fingerprint density at radius 2 is 2.25 bits per heavy atom. The molecule has 0 amide bonds. The van der Waals surface area contributed by atoms with E-state index in [0.29, 0.717) is 12.3 Å². The second-order valence-corrected chi connectivity index (χ2v) is 5.24. The zero-order chi connectivity index (χ0) is 14.4. The van der Waals surface area contributed by atoms with Crippen molar-refractivity contribution in [2.24, 2.45) is 0 Å². The molecule has 1 heterocycles. The molecule has 2 rings (SSSR count). The Hall–Kier alpha value is -1.40. The van der Waals surface area contributed by atoms with Crippen LogP contribution in [0.5, 0.6) is 5.75 Å². The minimum absolute atomic E-state index is 0.147. The number of hydrogen-bond acceptors (Lipinski definition) is 4. The van der Waals surface area contributed by atoms with Crippen LogP contribution in [0.25, 0.3) is 0 Å². The van der Waals surface area contributed by atoms with Crippen LogP contribution in [-0.4, -0.2) is 11.7 Å². The molecule has 6 heteroatoms. The maximum atomic E-state index is 13.5. The van der Waals surface area contributed by atoms with Gasteiger partial charge in [0.25, 0.3) is 0 Å². The molecule has 0 aliphatic carbocycles. The van der Waals surface area contributed by atoms with Gasteiger partial charge in [-0.2, -0.15) is 0 Å². The van der Waals surface area contributed by atoms with Crippen LogP contribution in [0.3, 0.4) is 0 Å². The molecule has 0 unspecified atom stereocenters. The molecule has 0 saturated heterocycles. The number of nitrogens with one attached hydrogen (secondary N) is 1. The normalized spacial score (nSPS) is 10.8. The second kappa shape index (κ2) is 7.40. The van der Waals surface area contributed by atoms with Gasteiger partial charge in [-0.05, 0) is 31.2 Å². The number of benzene rings is 1. The molecule has 0 bridgehead atoms. The Balaban J connectivity index is 1.89. The lowest BCUT2D eigenvalue weighted by Gasteiger charge is -2.05. The summed E-state index contributed by atoms with van der Waals surface area (Å²) < 4.78 is 24.8. The van der Waals surface area contributed by atoms with E-state index in [1.807, 2.05) is 0 Å². The standard InChI is InChI=1S/C14H16BrFN2O2/c1-2-5-17-8-11-7-12(20-18-11)9-19-14-6-10(15)3-4-13(14)16/h3-4,6-7,17H,2,5,8-9H2,1H3. The van der Waals surface area contributed by atoms with Crippen LogP contribution >= 0.6 is 15.9 Å². The Labute approximate surface area is 125 Å². The number of nitrogens with zero attached hydrogens (tertiary/aromatic N) is 1. The van der Waals surface area contributed by atoms with E-state index < -0.39 is 5.82 Å². The van der Waals surface area contributed by atoms with E-state index in [1.165, 1.54) is 6.07 Å². The molecule has 0 aliphatic rings. The summed E-state index contributed by atoms with van der Waals surface area (Å²) in [5.74, 6) is 0.344. The summed E-state index contributed by atoms with van der Waals surface area (Å²) in [6.07, 6.45) is 1.07. The van der Waals surface area contributed by atoms with Crippen LogP contribution in [0, 0.1) is 5.82 Å². The van der Waals surface area contributed by atoms with Gasteiger partial charge in [-0.1, -0.05) is 28.0 Å². The van der Waals surface area contributed by atoms with Crippen LogP contribution in [0.4, 0.5) is 4.39 Å². The van der Waals surface area contributed by atoms with Gasteiger partial charge in [-0.15, -0.1) is 0 Å². The van der Waals surface area contributed by atoms with E-state index in [4.69, 9.17) is 9.26 Å². The summed E-state index contributed by atoms with van der Waals surface area (Å²) >= 11 is 3.27. The maximum Gasteiger partial charge on any atom is 0.174 e. The van der Waals surface area contributed by atoms with Crippen LogP contribution in [0.2, 0.25) is 0 Å². The van der Waals surface area contributed by atoms with Gasteiger partial charge >= 0.3 is 0 Å². The highest BCUT2D eigenvalue weighted by Gasteiger charge is 2.08. The van der Waals surface area contributed by atoms with E-state index in [0.717, 1.165) is 23.1 Å². The molecule has 0 atom stereocenters. The van der Waals surface area contributed by atoms with E-state index in [2.05, 4.69) is 33.3 Å². The van der Waals surface area contributed by atoms with Crippen LogP contribution in [0.15, 0.2) is 33.3 Å². The number of rotatable bonds is 7. The predicted molar refractivity (Wildman–Crippen MR) is 76.9 cm³/mol. The SMILES string of the molecule is CCCNCc1cc(COc2cc(Br)ccc2F)on1. The fraction of sp³-hybridized carbons (Fsp3) is 0.357. The summed E-state index contributed by atoms with van der Waals surface area (Å²) in [4.78, 5) is 0. The quantitative estimate of drug-likeness (QED) is 0.780. The van der Waals surface area contributed by atoms with E-state index in [9.17, 15) is 4.39 Å². The maximum absolute atomic E-state index is 13.5. The number of ether oxygens (including phenoxy) is 1. The lowest BCUT2D eigenvalue weighted by molar-refractivity contribution is 0.239. The molecular formula is C14H16BrFN2O2. The van der Waals surface area contributed by atoms with Crippen molar-refractivity contribution in [1.82, 2.24) is 10.5 Å². The molecule has 0 spiro atoms. The van der Waals surface area contributed by atoms with E-state index >= 15 is 0 Å². The summed E-state index contributed by atoms with van der Waals surface area (Å²) in [7, 11) is 0. The molecule has 0 aliphatic heterocycles. The first kappa shape index (κ1) is 15.0. The van der Waals surface area contributed by atoms with Crippen molar-refractivity contribution >= 4 is 15.9 Å². The molecule has 0 fully saturated rings. The molecule has 1 aromatic heterocycles. The third-order valence-electron chi connectivity index (χ3n) is 2.60. The van der Waals surface area contributed by atoms with Crippen molar-refractivity contribution in [3.05, 3.63) is 46.0 Å². The third-order valence-corrected chi connectivity index (χ3v) is 3.10. The molecule has 1 aromatic carbocycles. The fourth-order valence-corrected chi connectivity index (χ4v) is 1.98. The molecule has 1 N–H and O–H groups in total. The number of hydrogen-bond donors (Lipinski definition) is 1. The topological polar surface area (TPSA) is 47.3 Å². The van der Waals surface area contributed by atoms with Crippen molar-refractivity contribution in [2.75, 3.05) is 6.54 Å². The molecule has 0 radical (unpaired) electrons. The summed E-state index contributed by atoms with van der Waals surface area (Å²) in [6.45, 7) is 3.83. The van der Waals surface area contributed by atoms with Gasteiger partial charge in [0.1, 0.15) is 6.61 Å². The average molecular weight is 343 g/mol. The van der Waals surface area contributed by atoms with Crippen molar-refractivity contribution in [3.63, 3.8) is 0 Å². The Bertz CT molecular complexity index is 560. The zero-order valence-corrected chi connectivity index (χ0v) is 12.7. The van der Waals surface area contributed by atoms with Crippen LogP contribution in [-0.2, 0) is 13.2 Å². The summed E-state index contributed by atoms with van der Waals surface area (Å²) in [5, 5.41) is 7.15.